The SMILES string of the molecule is Cc1cc(Oc2cc(F)cc(Br)c2)ccc1C(=O)O. The molecule has 0 amide bonds. The van der Waals surface area contributed by atoms with E-state index in [1.807, 2.05) is 0 Å². The van der Waals surface area contributed by atoms with Crippen molar-refractivity contribution < 1.29 is 19.0 Å². The van der Waals surface area contributed by atoms with E-state index < -0.39 is 11.8 Å². The topological polar surface area (TPSA) is 46.5 Å². The van der Waals surface area contributed by atoms with E-state index in [1.165, 1.54) is 24.3 Å². The monoisotopic (exact) mass is 324 g/mol. The van der Waals surface area contributed by atoms with Gasteiger partial charge in [-0.25, -0.2) is 9.18 Å². The highest BCUT2D eigenvalue weighted by atomic mass is 79.9. The van der Waals surface area contributed by atoms with Crippen molar-refractivity contribution in [2.45, 2.75) is 6.92 Å². The quantitative estimate of drug-likeness (QED) is 0.910. The normalized spacial score (nSPS) is 10.3. The summed E-state index contributed by atoms with van der Waals surface area (Å²) in [7, 11) is 0. The Balaban J connectivity index is 2.28. The summed E-state index contributed by atoms with van der Waals surface area (Å²) in [6.45, 7) is 1.68. The minimum Gasteiger partial charge on any atom is -0.478 e. The van der Waals surface area contributed by atoms with E-state index in [1.54, 1.807) is 19.1 Å². The Kier molecular flexibility index (Phi) is 3.85. The highest BCUT2D eigenvalue weighted by Crippen LogP contribution is 2.27. The van der Waals surface area contributed by atoms with Crippen molar-refractivity contribution in [3.8, 4) is 11.5 Å². The van der Waals surface area contributed by atoms with Gasteiger partial charge in [-0.2, -0.15) is 0 Å². The van der Waals surface area contributed by atoms with Gasteiger partial charge >= 0.3 is 5.97 Å². The first kappa shape index (κ1) is 13.5. The summed E-state index contributed by atoms with van der Waals surface area (Å²) in [6.07, 6.45) is 0. The molecule has 5 heteroatoms. The second-order valence-electron chi connectivity index (χ2n) is 3.99. The van der Waals surface area contributed by atoms with Crippen LogP contribution < -0.4 is 4.74 Å². The molecule has 0 fully saturated rings. The lowest BCUT2D eigenvalue weighted by Gasteiger charge is -2.08. The van der Waals surface area contributed by atoms with E-state index in [-0.39, 0.29) is 5.56 Å². The summed E-state index contributed by atoms with van der Waals surface area (Å²) in [5.74, 6) is -0.602. The van der Waals surface area contributed by atoms with Crippen LogP contribution in [-0.2, 0) is 0 Å². The molecule has 0 spiro atoms. The van der Waals surface area contributed by atoms with Crippen molar-refractivity contribution in [3.63, 3.8) is 0 Å². The molecule has 0 unspecified atom stereocenters. The molecular weight excluding hydrogens is 315 g/mol. The van der Waals surface area contributed by atoms with E-state index in [0.717, 1.165) is 0 Å². The van der Waals surface area contributed by atoms with E-state index in [2.05, 4.69) is 15.9 Å². The van der Waals surface area contributed by atoms with Gasteiger partial charge in [0.05, 0.1) is 5.56 Å². The van der Waals surface area contributed by atoms with Crippen molar-refractivity contribution >= 4 is 21.9 Å². The summed E-state index contributed by atoms with van der Waals surface area (Å²) in [5, 5.41) is 8.92. The number of hydrogen-bond donors (Lipinski definition) is 1. The Morgan fingerprint density at radius 3 is 2.53 bits per heavy atom. The van der Waals surface area contributed by atoms with Crippen molar-refractivity contribution in [2.24, 2.45) is 0 Å². The van der Waals surface area contributed by atoms with E-state index in [9.17, 15) is 9.18 Å². The molecule has 2 aromatic rings. The maximum atomic E-state index is 13.2. The first-order valence-corrected chi connectivity index (χ1v) is 6.23. The Morgan fingerprint density at radius 1 is 1.21 bits per heavy atom. The van der Waals surface area contributed by atoms with Crippen molar-refractivity contribution in [1.29, 1.82) is 0 Å². The highest BCUT2D eigenvalue weighted by Gasteiger charge is 2.08. The van der Waals surface area contributed by atoms with Crippen LogP contribution in [-0.4, -0.2) is 11.1 Å². The fourth-order valence-electron chi connectivity index (χ4n) is 1.66. The van der Waals surface area contributed by atoms with Gasteiger partial charge in [0.1, 0.15) is 17.3 Å². The summed E-state index contributed by atoms with van der Waals surface area (Å²) < 4.78 is 19.3. The average Bonchev–Trinajstić information content (AvgIpc) is 2.26. The zero-order valence-electron chi connectivity index (χ0n) is 9.98. The lowest BCUT2D eigenvalue weighted by Crippen LogP contribution is -1.99. The molecule has 98 valence electrons. The number of carboxylic acid groups (broad SMARTS) is 1. The Morgan fingerprint density at radius 2 is 1.95 bits per heavy atom. The summed E-state index contributed by atoms with van der Waals surface area (Å²) in [5.41, 5.74) is 0.799. The van der Waals surface area contributed by atoms with Crippen LogP contribution in [0.3, 0.4) is 0 Å². The first-order valence-electron chi connectivity index (χ1n) is 5.43. The van der Waals surface area contributed by atoms with Gasteiger partial charge in [0, 0.05) is 10.5 Å². The number of halogens is 2. The molecule has 0 heterocycles. The molecular formula is C14H10BrFO3. The van der Waals surface area contributed by atoms with E-state index in [4.69, 9.17) is 9.84 Å². The van der Waals surface area contributed by atoms with Gasteiger partial charge in [-0.3, -0.25) is 0 Å². The van der Waals surface area contributed by atoms with Crippen LogP contribution in [0.25, 0.3) is 0 Å². The molecule has 0 aliphatic heterocycles. The van der Waals surface area contributed by atoms with Crippen LogP contribution in [0.4, 0.5) is 4.39 Å². The first-order chi connectivity index (χ1) is 8.95. The van der Waals surface area contributed by atoms with E-state index in [0.29, 0.717) is 21.5 Å². The smallest absolute Gasteiger partial charge is 0.335 e. The molecule has 0 aliphatic carbocycles. The molecule has 1 N–H and O–H groups in total. The molecule has 0 radical (unpaired) electrons. The third kappa shape index (κ3) is 3.32. The number of carbonyl (C=O) groups is 1. The number of aryl methyl sites for hydroxylation is 1. The third-order valence-electron chi connectivity index (χ3n) is 2.50. The Labute approximate surface area is 117 Å². The van der Waals surface area contributed by atoms with Crippen molar-refractivity contribution in [2.75, 3.05) is 0 Å². The lowest BCUT2D eigenvalue weighted by molar-refractivity contribution is 0.0696. The average molecular weight is 325 g/mol. The van der Waals surface area contributed by atoms with Gasteiger partial charge in [-0.1, -0.05) is 15.9 Å². The third-order valence-corrected chi connectivity index (χ3v) is 2.96. The molecule has 0 bridgehead atoms. The van der Waals surface area contributed by atoms with Crippen LogP contribution in [0.2, 0.25) is 0 Å². The molecule has 2 rings (SSSR count). The second-order valence-corrected chi connectivity index (χ2v) is 4.90. The van der Waals surface area contributed by atoms with Gasteiger partial charge in [-0.05, 0) is 42.8 Å². The van der Waals surface area contributed by atoms with Gasteiger partial charge in [0.15, 0.2) is 0 Å². The summed E-state index contributed by atoms with van der Waals surface area (Å²) in [4.78, 5) is 10.9. The largest absolute Gasteiger partial charge is 0.478 e. The molecule has 0 saturated carbocycles. The van der Waals surface area contributed by atoms with Gasteiger partial charge in [0.2, 0.25) is 0 Å². The highest BCUT2D eigenvalue weighted by molar-refractivity contribution is 9.10. The number of hydrogen-bond acceptors (Lipinski definition) is 2. The molecule has 0 saturated heterocycles. The zero-order valence-corrected chi connectivity index (χ0v) is 11.6. The lowest BCUT2D eigenvalue weighted by atomic mass is 10.1. The van der Waals surface area contributed by atoms with Crippen LogP contribution in [0.5, 0.6) is 11.5 Å². The van der Waals surface area contributed by atoms with Gasteiger partial charge in [-0.15, -0.1) is 0 Å². The van der Waals surface area contributed by atoms with Crippen molar-refractivity contribution in [3.05, 3.63) is 57.8 Å². The zero-order chi connectivity index (χ0) is 14.0. The molecule has 0 atom stereocenters. The summed E-state index contributed by atoms with van der Waals surface area (Å²) >= 11 is 3.17. The number of benzene rings is 2. The minimum atomic E-state index is -0.988. The van der Waals surface area contributed by atoms with Gasteiger partial charge < -0.3 is 9.84 Å². The Hall–Kier alpha value is -1.88. The number of carboxylic acids is 1. The predicted octanol–water partition coefficient (Wildman–Crippen LogP) is 4.39. The van der Waals surface area contributed by atoms with Crippen LogP contribution in [0.15, 0.2) is 40.9 Å². The van der Waals surface area contributed by atoms with Crippen LogP contribution in [0, 0.1) is 12.7 Å². The standard InChI is InChI=1S/C14H10BrFO3/c1-8-4-11(2-3-13(8)14(17)18)19-12-6-9(15)5-10(16)7-12/h2-7H,1H3,(H,17,18). The fraction of sp³-hybridized carbons (Fsp3) is 0.0714. The number of aromatic carboxylic acids is 1. The Bertz CT molecular complexity index is 620. The second kappa shape index (κ2) is 5.40. The maximum absolute atomic E-state index is 13.2. The van der Waals surface area contributed by atoms with E-state index >= 15 is 0 Å². The molecule has 19 heavy (non-hydrogen) atoms. The summed E-state index contributed by atoms with van der Waals surface area (Å²) in [6, 6.07) is 8.80. The number of ether oxygens (including phenoxy) is 1. The minimum absolute atomic E-state index is 0.216. The maximum Gasteiger partial charge on any atom is 0.335 e. The fourth-order valence-corrected chi connectivity index (χ4v) is 2.11. The van der Waals surface area contributed by atoms with Crippen LogP contribution >= 0.6 is 15.9 Å². The predicted molar refractivity (Wildman–Crippen MR) is 72.3 cm³/mol. The molecule has 2 aromatic carbocycles. The molecule has 0 aliphatic rings. The molecule has 3 nitrogen and oxygen atoms in total. The van der Waals surface area contributed by atoms with Gasteiger partial charge in [0.25, 0.3) is 0 Å². The molecule has 0 aromatic heterocycles. The van der Waals surface area contributed by atoms with Crippen molar-refractivity contribution in [1.82, 2.24) is 0 Å². The number of rotatable bonds is 3. The van der Waals surface area contributed by atoms with Crippen LogP contribution in [0.1, 0.15) is 15.9 Å².